The van der Waals surface area contributed by atoms with E-state index in [0.29, 0.717) is 18.8 Å². The summed E-state index contributed by atoms with van der Waals surface area (Å²) in [6, 6.07) is 7.49. The molecule has 0 aromatic heterocycles. The molecule has 68 valence electrons. The van der Waals surface area contributed by atoms with Crippen LogP contribution < -0.4 is 5.32 Å². The van der Waals surface area contributed by atoms with Gasteiger partial charge in [0.2, 0.25) is 0 Å². The van der Waals surface area contributed by atoms with Gasteiger partial charge in [-0.2, -0.15) is 5.26 Å². The number of nitrogens with one attached hydrogen (secondary N) is 1. The Morgan fingerprint density at radius 1 is 1.54 bits per heavy atom. The van der Waals surface area contributed by atoms with Crippen molar-refractivity contribution in [3.05, 3.63) is 29.3 Å². The van der Waals surface area contributed by atoms with E-state index in [-0.39, 0.29) is 0 Å². The molecular weight excluding hydrogens is 164 g/mol. The highest BCUT2D eigenvalue weighted by atomic mass is 16.3. The van der Waals surface area contributed by atoms with E-state index in [1.54, 1.807) is 6.07 Å². The zero-order valence-corrected chi connectivity index (χ0v) is 7.54. The average molecular weight is 176 g/mol. The van der Waals surface area contributed by atoms with Crippen molar-refractivity contribution in [1.82, 2.24) is 5.32 Å². The first-order valence-corrected chi connectivity index (χ1v) is 4.10. The molecule has 0 spiro atoms. The van der Waals surface area contributed by atoms with E-state index in [9.17, 15) is 5.11 Å². The lowest BCUT2D eigenvalue weighted by molar-refractivity contribution is 0.470. The van der Waals surface area contributed by atoms with E-state index in [2.05, 4.69) is 5.32 Å². The lowest BCUT2D eigenvalue weighted by Crippen LogP contribution is -2.12. The van der Waals surface area contributed by atoms with Crippen molar-refractivity contribution < 1.29 is 5.11 Å². The molecule has 0 bridgehead atoms. The molecule has 0 heterocycles. The van der Waals surface area contributed by atoms with Gasteiger partial charge in [0.1, 0.15) is 5.75 Å². The average Bonchev–Trinajstić information content (AvgIpc) is 2.12. The van der Waals surface area contributed by atoms with Crippen LogP contribution in [-0.2, 0) is 6.54 Å². The Labute approximate surface area is 77.6 Å². The fourth-order valence-corrected chi connectivity index (χ4v) is 1.03. The Balaban J connectivity index is 2.59. The number of aromatic hydroxyl groups is 1. The molecule has 0 aliphatic rings. The quantitative estimate of drug-likeness (QED) is 0.539. The minimum atomic E-state index is 0.302. The first-order valence-electron chi connectivity index (χ1n) is 4.10. The molecule has 0 saturated carbocycles. The molecule has 3 nitrogen and oxygen atoms in total. The largest absolute Gasteiger partial charge is 0.508 e. The van der Waals surface area contributed by atoms with Crippen LogP contribution in [0.1, 0.15) is 11.1 Å². The molecule has 1 rings (SSSR count). The fraction of sp³-hybridized carbons (Fsp3) is 0.300. The van der Waals surface area contributed by atoms with E-state index in [0.717, 1.165) is 11.1 Å². The molecule has 0 aliphatic heterocycles. The Hall–Kier alpha value is -1.53. The van der Waals surface area contributed by atoms with Gasteiger partial charge in [0.25, 0.3) is 0 Å². The van der Waals surface area contributed by atoms with Crippen molar-refractivity contribution in [2.45, 2.75) is 13.5 Å². The molecule has 0 aliphatic carbocycles. The van der Waals surface area contributed by atoms with E-state index >= 15 is 0 Å². The fourth-order valence-electron chi connectivity index (χ4n) is 1.03. The van der Waals surface area contributed by atoms with Crippen molar-refractivity contribution in [2.75, 3.05) is 6.54 Å². The first-order chi connectivity index (χ1) is 6.24. The van der Waals surface area contributed by atoms with Gasteiger partial charge >= 0.3 is 0 Å². The van der Waals surface area contributed by atoms with E-state index in [1.807, 2.05) is 25.1 Å². The summed E-state index contributed by atoms with van der Waals surface area (Å²) in [5.74, 6) is 0.302. The normalized spacial score (nSPS) is 9.54. The molecule has 0 radical (unpaired) electrons. The molecule has 0 saturated heterocycles. The maximum absolute atomic E-state index is 9.36. The molecule has 13 heavy (non-hydrogen) atoms. The zero-order valence-electron chi connectivity index (χ0n) is 7.54. The van der Waals surface area contributed by atoms with Gasteiger partial charge in [-0.05, 0) is 24.1 Å². The van der Waals surface area contributed by atoms with Crippen LogP contribution in [0.3, 0.4) is 0 Å². The van der Waals surface area contributed by atoms with E-state index < -0.39 is 0 Å². The lowest BCUT2D eigenvalue weighted by atomic mass is 10.1. The van der Waals surface area contributed by atoms with Crippen LogP contribution >= 0.6 is 0 Å². The van der Waals surface area contributed by atoms with E-state index in [4.69, 9.17) is 5.26 Å². The summed E-state index contributed by atoms with van der Waals surface area (Å²) in [6.07, 6.45) is 0. The van der Waals surface area contributed by atoms with Crippen LogP contribution in [0.4, 0.5) is 0 Å². The molecule has 0 amide bonds. The second-order valence-electron chi connectivity index (χ2n) is 2.88. The standard InChI is InChI=1S/C10H12N2O/c1-8-2-3-9(6-10(8)13)7-12-5-4-11/h2-3,6,12-13H,5,7H2,1H3. The summed E-state index contributed by atoms with van der Waals surface area (Å²) in [7, 11) is 0. The van der Waals surface area contributed by atoms with Crippen molar-refractivity contribution in [2.24, 2.45) is 0 Å². The van der Waals surface area contributed by atoms with Gasteiger partial charge in [0, 0.05) is 6.54 Å². The van der Waals surface area contributed by atoms with Crippen LogP contribution in [0.2, 0.25) is 0 Å². The highest BCUT2D eigenvalue weighted by Crippen LogP contribution is 2.16. The number of phenolic OH excluding ortho intramolecular Hbond substituents is 1. The highest BCUT2D eigenvalue weighted by Gasteiger charge is 1.97. The first kappa shape index (κ1) is 9.56. The summed E-state index contributed by atoms with van der Waals surface area (Å²) >= 11 is 0. The number of nitrogens with zero attached hydrogens (tertiary/aromatic N) is 1. The monoisotopic (exact) mass is 176 g/mol. The Morgan fingerprint density at radius 2 is 2.31 bits per heavy atom. The van der Waals surface area contributed by atoms with E-state index in [1.165, 1.54) is 0 Å². The summed E-state index contributed by atoms with van der Waals surface area (Å²) in [4.78, 5) is 0. The zero-order chi connectivity index (χ0) is 9.68. The maximum Gasteiger partial charge on any atom is 0.118 e. The van der Waals surface area contributed by atoms with Crippen LogP contribution in [0.5, 0.6) is 5.75 Å². The van der Waals surface area contributed by atoms with Gasteiger partial charge < -0.3 is 10.4 Å². The molecule has 1 aromatic rings. The third-order valence-corrected chi connectivity index (χ3v) is 1.81. The summed E-state index contributed by atoms with van der Waals surface area (Å²) in [6.45, 7) is 2.79. The Morgan fingerprint density at radius 3 is 2.92 bits per heavy atom. The van der Waals surface area contributed by atoms with Crippen molar-refractivity contribution in [1.29, 1.82) is 5.26 Å². The number of nitriles is 1. The molecule has 0 fully saturated rings. The molecule has 1 aromatic carbocycles. The SMILES string of the molecule is Cc1ccc(CNCC#N)cc1O. The molecule has 2 N–H and O–H groups in total. The Kier molecular flexibility index (Phi) is 3.30. The number of rotatable bonds is 3. The predicted octanol–water partition coefficient (Wildman–Crippen LogP) is 1.31. The highest BCUT2D eigenvalue weighted by molar-refractivity contribution is 5.35. The number of benzene rings is 1. The number of hydrogen-bond acceptors (Lipinski definition) is 3. The van der Waals surface area contributed by atoms with Gasteiger partial charge in [-0.15, -0.1) is 0 Å². The molecular formula is C10H12N2O. The third kappa shape index (κ3) is 2.77. The van der Waals surface area contributed by atoms with Crippen LogP contribution in [0, 0.1) is 18.3 Å². The predicted molar refractivity (Wildman–Crippen MR) is 50.2 cm³/mol. The minimum Gasteiger partial charge on any atom is -0.508 e. The van der Waals surface area contributed by atoms with Crippen LogP contribution in [-0.4, -0.2) is 11.7 Å². The van der Waals surface area contributed by atoms with Gasteiger partial charge in [-0.3, -0.25) is 0 Å². The molecule has 0 unspecified atom stereocenters. The number of aryl methyl sites for hydroxylation is 1. The summed E-state index contributed by atoms with van der Waals surface area (Å²) in [5, 5.41) is 20.6. The van der Waals surface area contributed by atoms with Crippen LogP contribution in [0.15, 0.2) is 18.2 Å². The van der Waals surface area contributed by atoms with Crippen LogP contribution in [0.25, 0.3) is 0 Å². The van der Waals surface area contributed by atoms with Gasteiger partial charge in [-0.25, -0.2) is 0 Å². The topological polar surface area (TPSA) is 56.0 Å². The van der Waals surface area contributed by atoms with Gasteiger partial charge in [0.05, 0.1) is 12.6 Å². The smallest absolute Gasteiger partial charge is 0.118 e. The van der Waals surface area contributed by atoms with Gasteiger partial charge in [-0.1, -0.05) is 12.1 Å². The lowest BCUT2D eigenvalue weighted by Gasteiger charge is -2.03. The van der Waals surface area contributed by atoms with Crippen molar-refractivity contribution in [3.8, 4) is 11.8 Å². The summed E-state index contributed by atoms with van der Waals surface area (Å²) in [5.41, 5.74) is 1.85. The molecule has 0 atom stereocenters. The maximum atomic E-state index is 9.36. The molecule has 3 heteroatoms. The summed E-state index contributed by atoms with van der Waals surface area (Å²) < 4.78 is 0. The van der Waals surface area contributed by atoms with Crippen molar-refractivity contribution >= 4 is 0 Å². The third-order valence-electron chi connectivity index (χ3n) is 1.81. The second kappa shape index (κ2) is 4.48. The number of hydrogen-bond donors (Lipinski definition) is 2. The number of phenols is 1. The minimum absolute atomic E-state index is 0.302. The van der Waals surface area contributed by atoms with Gasteiger partial charge in [0.15, 0.2) is 0 Å². The van der Waals surface area contributed by atoms with Crippen molar-refractivity contribution in [3.63, 3.8) is 0 Å². The Bertz CT molecular complexity index is 328. The second-order valence-corrected chi connectivity index (χ2v) is 2.88.